The number of primary amides is 1. The first-order valence-corrected chi connectivity index (χ1v) is 6.58. The molecule has 1 rings (SSSR count). The van der Waals surface area contributed by atoms with Gasteiger partial charge in [-0.2, -0.15) is 0 Å². The number of amides is 2. The fraction of sp³-hybridized carbons (Fsp3) is 0.467. The summed E-state index contributed by atoms with van der Waals surface area (Å²) in [6.07, 6.45) is 0.0663. The molecule has 0 saturated carbocycles. The number of nitrogens with two attached hydrogens (primary N) is 1. The van der Waals surface area contributed by atoms with Crippen LogP contribution in [0.5, 0.6) is 0 Å². The fourth-order valence-electron chi connectivity index (χ4n) is 1.79. The van der Waals surface area contributed by atoms with E-state index in [1.165, 1.54) is 0 Å². The molecular weight excluding hydrogens is 256 g/mol. The number of nitrogens with one attached hydrogen (secondary N) is 1. The van der Waals surface area contributed by atoms with Crippen molar-refractivity contribution in [2.45, 2.75) is 45.3 Å². The van der Waals surface area contributed by atoms with E-state index < -0.39 is 17.6 Å². The lowest BCUT2D eigenvalue weighted by atomic mass is 10.0. The van der Waals surface area contributed by atoms with E-state index in [1.807, 2.05) is 30.3 Å². The van der Waals surface area contributed by atoms with Crippen molar-refractivity contribution in [1.82, 2.24) is 5.32 Å². The Bertz CT molecular complexity index is 452. The third-order valence-corrected chi connectivity index (χ3v) is 2.49. The normalized spacial score (nSPS) is 12.6. The highest BCUT2D eigenvalue weighted by Crippen LogP contribution is 2.09. The van der Waals surface area contributed by atoms with E-state index in [9.17, 15) is 9.59 Å². The maximum Gasteiger partial charge on any atom is 0.407 e. The largest absolute Gasteiger partial charge is 0.444 e. The number of hydrogen-bond acceptors (Lipinski definition) is 3. The molecule has 1 aromatic rings. The fourth-order valence-corrected chi connectivity index (χ4v) is 1.79. The summed E-state index contributed by atoms with van der Waals surface area (Å²) >= 11 is 0. The van der Waals surface area contributed by atoms with Crippen molar-refractivity contribution in [3.05, 3.63) is 35.9 Å². The molecule has 0 aliphatic rings. The molecule has 0 aliphatic carbocycles. The van der Waals surface area contributed by atoms with Crippen LogP contribution in [0.25, 0.3) is 0 Å². The third kappa shape index (κ3) is 6.78. The van der Waals surface area contributed by atoms with Crippen LogP contribution in [0, 0.1) is 0 Å². The minimum atomic E-state index is -0.575. The van der Waals surface area contributed by atoms with Crippen LogP contribution < -0.4 is 11.1 Å². The summed E-state index contributed by atoms with van der Waals surface area (Å²) < 4.78 is 5.19. The molecule has 3 N–H and O–H groups in total. The molecule has 0 unspecified atom stereocenters. The zero-order valence-corrected chi connectivity index (χ0v) is 12.2. The zero-order valence-electron chi connectivity index (χ0n) is 12.2. The summed E-state index contributed by atoms with van der Waals surface area (Å²) in [4.78, 5) is 22.9. The Kier molecular flexibility index (Phi) is 5.55. The van der Waals surface area contributed by atoms with E-state index in [-0.39, 0.29) is 12.5 Å². The molecule has 0 aliphatic heterocycles. The van der Waals surface area contributed by atoms with Gasteiger partial charge >= 0.3 is 6.09 Å². The predicted molar refractivity (Wildman–Crippen MR) is 77.1 cm³/mol. The standard InChI is InChI=1S/C15H22N2O3/c1-15(2,3)20-14(19)17-12(10-13(16)18)9-11-7-5-4-6-8-11/h4-8,12H,9-10H2,1-3H3,(H2,16,18)(H,17,19)/t12-/m0/s1. The minimum Gasteiger partial charge on any atom is -0.444 e. The van der Waals surface area contributed by atoms with Crippen LogP contribution in [0.15, 0.2) is 30.3 Å². The van der Waals surface area contributed by atoms with Gasteiger partial charge in [-0.3, -0.25) is 4.79 Å². The Morgan fingerprint density at radius 1 is 1.25 bits per heavy atom. The van der Waals surface area contributed by atoms with E-state index in [4.69, 9.17) is 10.5 Å². The molecule has 0 radical (unpaired) electrons. The molecule has 0 aromatic heterocycles. The molecule has 1 atom stereocenters. The predicted octanol–water partition coefficient (Wildman–Crippen LogP) is 2.00. The quantitative estimate of drug-likeness (QED) is 0.864. The maximum atomic E-state index is 11.8. The summed E-state index contributed by atoms with van der Waals surface area (Å²) in [7, 11) is 0. The lowest BCUT2D eigenvalue weighted by molar-refractivity contribution is -0.118. The van der Waals surface area contributed by atoms with E-state index in [2.05, 4.69) is 5.32 Å². The molecule has 0 saturated heterocycles. The van der Waals surface area contributed by atoms with Gasteiger partial charge in [0.05, 0.1) is 0 Å². The van der Waals surface area contributed by atoms with Gasteiger partial charge in [-0.1, -0.05) is 30.3 Å². The van der Waals surface area contributed by atoms with Crippen LogP contribution in [0.3, 0.4) is 0 Å². The average molecular weight is 278 g/mol. The molecule has 20 heavy (non-hydrogen) atoms. The van der Waals surface area contributed by atoms with Crippen LogP contribution in [-0.2, 0) is 16.0 Å². The highest BCUT2D eigenvalue weighted by atomic mass is 16.6. The monoisotopic (exact) mass is 278 g/mol. The molecule has 0 heterocycles. The number of alkyl carbamates (subject to hydrolysis) is 1. The minimum absolute atomic E-state index is 0.0775. The van der Waals surface area contributed by atoms with Crippen LogP contribution in [-0.4, -0.2) is 23.6 Å². The molecular formula is C15H22N2O3. The van der Waals surface area contributed by atoms with E-state index in [0.29, 0.717) is 6.42 Å². The van der Waals surface area contributed by atoms with Crippen molar-refractivity contribution in [2.75, 3.05) is 0 Å². The van der Waals surface area contributed by atoms with Crippen LogP contribution in [0.4, 0.5) is 4.79 Å². The maximum absolute atomic E-state index is 11.8. The number of rotatable bonds is 5. The first-order chi connectivity index (χ1) is 9.26. The highest BCUT2D eigenvalue weighted by Gasteiger charge is 2.20. The molecule has 0 fully saturated rings. The van der Waals surface area contributed by atoms with Crippen molar-refractivity contribution in [3.63, 3.8) is 0 Å². The summed E-state index contributed by atoms with van der Waals surface area (Å²) in [5.74, 6) is -0.456. The van der Waals surface area contributed by atoms with Gasteiger partial charge in [0.2, 0.25) is 5.91 Å². The zero-order chi connectivity index (χ0) is 15.2. The van der Waals surface area contributed by atoms with Gasteiger partial charge in [0.15, 0.2) is 0 Å². The number of carbonyl (C=O) groups is 2. The summed E-state index contributed by atoms with van der Waals surface area (Å²) in [6.45, 7) is 5.35. The molecule has 5 heteroatoms. The number of hydrogen-bond donors (Lipinski definition) is 2. The summed E-state index contributed by atoms with van der Waals surface area (Å²) in [5, 5.41) is 2.69. The molecule has 0 spiro atoms. The molecule has 2 amide bonds. The second kappa shape index (κ2) is 6.93. The van der Waals surface area contributed by atoms with Gasteiger partial charge in [0, 0.05) is 12.5 Å². The van der Waals surface area contributed by atoms with Crippen molar-refractivity contribution in [1.29, 1.82) is 0 Å². The number of benzene rings is 1. The van der Waals surface area contributed by atoms with Crippen LogP contribution in [0.2, 0.25) is 0 Å². The van der Waals surface area contributed by atoms with E-state index >= 15 is 0 Å². The second-order valence-corrected chi connectivity index (χ2v) is 5.70. The summed E-state index contributed by atoms with van der Waals surface area (Å²) in [6, 6.07) is 9.22. The Labute approximate surface area is 119 Å². The lowest BCUT2D eigenvalue weighted by Crippen LogP contribution is -2.42. The Morgan fingerprint density at radius 3 is 2.35 bits per heavy atom. The van der Waals surface area contributed by atoms with Crippen LogP contribution >= 0.6 is 0 Å². The van der Waals surface area contributed by atoms with Gasteiger partial charge in [-0.05, 0) is 32.8 Å². The molecule has 0 bridgehead atoms. The van der Waals surface area contributed by atoms with Gasteiger partial charge < -0.3 is 15.8 Å². The smallest absolute Gasteiger partial charge is 0.407 e. The van der Waals surface area contributed by atoms with Gasteiger partial charge in [-0.15, -0.1) is 0 Å². The summed E-state index contributed by atoms with van der Waals surface area (Å²) in [5.41, 5.74) is 5.67. The number of carbonyl (C=O) groups excluding carboxylic acids is 2. The van der Waals surface area contributed by atoms with Crippen molar-refractivity contribution < 1.29 is 14.3 Å². The van der Waals surface area contributed by atoms with Gasteiger partial charge in [0.25, 0.3) is 0 Å². The first-order valence-electron chi connectivity index (χ1n) is 6.58. The van der Waals surface area contributed by atoms with Gasteiger partial charge in [0.1, 0.15) is 5.60 Å². The second-order valence-electron chi connectivity index (χ2n) is 5.70. The molecule has 1 aromatic carbocycles. The van der Waals surface area contributed by atoms with Crippen molar-refractivity contribution >= 4 is 12.0 Å². The Balaban J connectivity index is 2.65. The van der Waals surface area contributed by atoms with Crippen molar-refractivity contribution in [2.24, 2.45) is 5.73 Å². The average Bonchev–Trinajstić information content (AvgIpc) is 2.26. The first kappa shape index (κ1) is 16.0. The molecule has 5 nitrogen and oxygen atoms in total. The highest BCUT2D eigenvalue weighted by molar-refractivity contribution is 5.76. The Morgan fingerprint density at radius 2 is 1.85 bits per heavy atom. The van der Waals surface area contributed by atoms with Gasteiger partial charge in [-0.25, -0.2) is 4.79 Å². The number of ether oxygens (including phenoxy) is 1. The Hall–Kier alpha value is -2.04. The van der Waals surface area contributed by atoms with Crippen molar-refractivity contribution in [3.8, 4) is 0 Å². The third-order valence-electron chi connectivity index (χ3n) is 2.49. The SMILES string of the molecule is CC(C)(C)OC(=O)N[C@H](CC(N)=O)Cc1ccccc1. The van der Waals surface area contributed by atoms with Crippen LogP contribution in [0.1, 0.15) is 32.8 Å². The van der Waals surface area contributed by atoms with E-state index in [0.717, 1.165) is 5.56 Å². The lowest BCUT2D eigenvalue weighted by Gasteiger charge is -2.23. The molecule has 110 valence electrons. The topological polar surface area (TPSA) is 81.4 Å². The van der Waals surface area contributed by atoms with E-state index in [1.54, 1.807) is 20.8 Å².